The van der Waals surface area contributed by atoms with Gasteiger partial charge in [0.2, 0.25) is 0 Å². The van der Waals surface area contributed by atoms with Gasteiger partial charge in [0.15, 0.2) is 0 Å². The van der Waals surface area contributed by atoms with E-state index in [9.17, 15) is 4.79 Å². The Hall–Kier alpha value is -0.820. The third-order valence-electron chi connectivity index (χ3n) is 1.55. The standard InChI is InChI=1S/C6H5Cl.C4H6O/c7-6-4-2-1-3-5-6;5-3-4-1-2-4/h1-5H;3-4H,1-2H2. The van der Waals surface area contributed by atoms with Crippen LogP contribution in [-0.4, -0.2) is 6.29 Å². The summed E-state index contributed by atoms with van der Waals surface area (Å²) >= 11 is 5.54. The van der Waals surface area contributed by atoms with Crippen LogP contribution in [0.1, 0.15) is 12.8 Å². The quantitative estimate of drug-likeness (QED) is 0.611. The Bertz CT molecular complexity index is 229. The zero-order valence-corrected chi connectivity index (χ0v) is 7.50. The second-order valence-corrected chi connectivity index (χ2v) is 3.21. The zero-order valence-electron chi connectivity index (χ0n) is 6.74. The van der Waals surface area contributed by atoms with Crippen LogP contribution in [0.15, 0.2) is 30.3 Å². The SMILES string of the molecule is Clc1ccccc1.O=CC1CC1. The molecule has 1 aromatic rings. The van der Waals surface area contributed by atoms with Crippen LogP contribution in [0.4, 0.5) is 0 Å². The fraction of sp³-hybridized carbons (Fsp3) is 0.300. The normalized spacial score (nSPS) is 14.4. The Morgan fingerprint density at radius 1 is 1.25 bits per heavy atom. The van der Waals surface area contributed by atoms with Gasteiger partial charge in [0, 0.05) is 10.9 Å². The van der Waals surface area contributed by atoms with E-state index in [1.165, 1.54) is 0 Å². The molecule has 1 fully saturated rings. The van der Waals surface area contributed by atoms with Gasteiger partial charge in [-0.15, -0.1) is 0 Å². The summed E-state index contributed by atoms with van der Waals surface area (Å²) in [6.45, 7) is 0. The first-order valence-corrected chi connectivity index (χ1v) is 4.36. The molecule has 0 spiro atoms. The van der Waals surface area contributed by atoms with Crippen molar-refractivity contribution in [2.24, 2.45) is 5.92 Å². The highest BCUT2D eigenvalue weighted by atomic mass is 35.5. The first kappa shape index (κ1) is 9.27. The first-order valence-electron chi connectivity index (χ1n) is 3.99. The van der Waals surface area contributed by atoms with Gasteiger partial charge in [-0.3, -0.25) is 0 Å². The van der Waals surface area contributed by atoms with Crippen molar-refractivity contribution in [3.05, 3.63) is 35.4 Å². The lowest BCUT2D eigenvalue weighted by molar-refractivity contribution is -0.108. The van der Waals surface area contributed by atoms with E-state index in [1.807, 2.05) is 30.3 Å². The van der Waals surface area contributed by atoms with Crippen LogP contribution >= 0.6 is 11.6 Å². The molecular formula is C10H11ClO. The largest absolute Gasteiger partial charge is 0.303 e. The van der Waals surface area contributed by atoms with Crippen LogP contribution in [0.3, 0.4) is 0 Å². The summed E-state index contributed by atoms with van der Waals surface area (Å²) in [6.07, 6.45) is 3.31. The maximum atomic E-state index is 9.57. The predicted molar refractivity (Wildman–Crippen MR) is 50.2 cm³/mol. The van der Waals surface area contributed by atoms with E-state index in [4.69, 9.17) is 11.6 Å². The Morgan fingerprint density at radius 3 is 2.00 bits per heavy atom. The van der Waals surface area contributed by atoms with E-state index in [0.29, 0.717) is 5.92 Å². The van der Waals surface area contributed by atoms with Gasteiger partial charge < -0.3 is 4.79 Å². The van der Waals surface area contributed by atoms with E-state index in [2.05, 4.69) is 0 Å². The number of hydrogen-bond acceptors (Lipinski definition) is 1. The fourth-order valence-electron chi connectivity index (χ4n) is 0.647. The van der Waals surface area contributed by atoms with Crippen molar-refractivity contribution in [2.75, 3.05) is 0 Å². The number of benzene rings is 1. The van der Waals surface area contributed by atoms with Crippen molar-refractivity contribution in [3.63, 3.8) is 0 Å². The van der Waals surface area contributed by atoms with E-state index >= 15 is 0 Å². The minimum atomic E-state index is 0.454. The molecule has 1 aliphatic rings. The molecule has 0 atom stereocenters. The molecule has 2 rings (SSSR count). The number of rotatable bonds is 1. The van der Waals surface area contributed by atoms with Gasteiger partial charge in [0.1, 0.15) is 6.29 Å². The molecule has 1 nitrogen and oxygen atoms in total. The van der Waals surface area contributed by atoms with Gasteiger partial charge in [-0.05, 0) is 25.0 Å². The smallest absolute Gasteiger partial charge is 0.123 e. The van der Waals surface area contributed by atoms with Crippen LogP contribution in [0.25, 0.3) is 0 Å². The number of carbonyl (C=O) groups excluding carboxylic acids is 1. The molecule has 64 valence electrons. The zero-order chi connectivity index (χ0) is 8.81. The van der Waals surface area contributed by atoms with E-state index in [0.717, 1.165) is 24.2 Å². The van der Waals surface area contributed by atoms with E-state index < -0.39 is 0 Å². The van der Waals surface area contributed by atoms with Crippen molar-refractivity contribution < 1.29 is 4.79 Å². The van der Waals surface area contributed by atoms with Gasteiger partial charge in [0.25, 0.3) is 0 Å². The van der Waals surface area contributed by atoms with Crippen LogP contribution in [0.2, 0.25) is 5.02 Å². The van der Waals surface area contributed by atoms with Crippen molar-refractivity contribution in [1.82, 2.24) is 0 Å². The molecule has 1 saturated carbocycles. The van der Waals surface area contributed by atoms with Crippen LogP contribution in [0, 0.1) is 5.92 Å². The van der Waals surface area contributed by atoms with Gasteiger partial charge in [-0.2, -0.15) is 0 Å². The molecule has 1 aliphatic carbocycles. The third-order valence-corrected chi connectivity index (χ3v) is 1.80. The maximum absolute atomic E-state index is 9.57. The molecule has 12 heavy (non-hydrogen) atoms. The summed E-state index contributed by atoms with van der Waals surface area (Å²) in [5.74, 6) is 0.454. The van der Waals surface area contributed by atoms with E-state index in [-0.39, 0.29) is 0 Å². The fourth-order valence-corrected chi connectivity index (χ4v) is 0.792. The molecule has 0 aliphatic heterocycles. The van der Waals surface area contributed by atoms with Crippen molar-refractivity contribution >= 4 is 17.9 Å². The predicted octanol–water partition coefficient (Wildman–Crippen LogP) is 2.94. The summed E-state index contributed by atoms with van der Waals surface area (Å²) in [5.41, 5.74) is 0. The third kappa shape index (κ3) is 4.14. The Labute approximate surface area is 77.4 Å². The summed E-state index contributed by atoms with van der Waals surface area (Å²) in [6, 6.07) is 9.44. The van der Waals surface area contributed by atoms with Gasteiger partial charge in [0.05, 0.1) is 0 Å². The molecule has 0 unspecified atom stereocenters. The number of halogens is 1. The lowest BCUT2D eigenvalue weighted by Gasteiger charge is -1.80. The monoisotopic (exact) mass is 182 g/mol. The molecule has 2 heteroatoms. The highest BCUT2D eigenvalue weighted by Crippen LogP contribution is 2.25. The molecule has 0 N–H and O–H groups in total. The average molecular weight is 183 g/mol. The molecule has 0 aromatic heterocycles. The van der Waals surface area contributed by atoms with Crippen LogP contribution in [-0.2, 0) is 4.79 Å². The molecular weight excluding hydrogens is 172 g/mol. The van der Waals surface area contributed by atoms with Gasteiger partial charge in [-0.25, -0.2) is 0 Å². The molecule has 1 aromatic carbocycles. The van der Waals surface area contributed by atoms with Crippen molar-refractivity contribution in [1.29, 1.82) is 0 Å². The number of carbonyl (C=O) groups is 1. The lowest BCUT2D eigenvalue weighted by Crippen LogP contribution is -1.66. The summed E-state index contributed by atoms with van der Waals surface area (Å²) in [4.78, 5) is 9.57. The first-order chi connectivity index (χ1) is 5.83. The van der Waals surface area contributed by atoms with Crippen molar-refractivity contribution in [2.45, 2.75) is 12.8 Å². The second kappa shape index (κ2) is 4.94. The second-order valence-electron chi connectivity index (χ2n) is 2.77. The van der Waals surface area contributed by atoms with Crippen LogP contribution in [0.5, 0.6) is 0 Å². The Kier molecular flexibility index (Phi) is 3.81. The topological polar surface area (TPSA) is 17.1 Å². The van der Waals surface area contributed by atoms with Crippen LogP contribution < -0.4 is 0 Å². The summed E-state index contributed by atoms with van der Waals surface area (Å²) in [7, 11) is 0. The molecule has 0 amide bonds. The highest BCUT2D eigenvalue weighted by Gasteiger charge is 2.18. The van der Waals surface area contributed by atoms with Crippen molar-refractivity contribution in [3.8, 4) is 0 Å². The molecule has 0 radical (unpaired) electrons. The Morgan fingerprint density at radius 2 is 1.83 bits per heavy atom. The maximum Gasteiger partial charge on any atom is 0.123 e. The van der Waals surface area contributed by atoms with E-state index in [1.54, 1.807) is 0 Å². The van der Waals surface area contributed by atoms with Gasteiger partial charge in [-0.1, -0.05) is 29.8 Å². The highest BCUT2D eigenvalue weighted by molar-refractivity contribution is 6.30. The minimum Gasteiger partial charge on any atom is -0.303 e. The summed E-state index contributed by atoms with van der Waals surface area (Å²) < 4.78 is 0. The lowest BCUT2D eigenvalue weighted by atomic mass is 10.4. The van der Waals surface area contributed by atoms with Gasteiger partial charge >= 0.3 is 0 Å². The molecule has 0 heterocycles. The summed E-state index contributed by atoms with van der Waals surface area (Å²) in [5, 5.41) is 0.794. The number of hydrogen-bond donors (Lipinski definition) is 0. The Balaban J connectivity index is 0.000000127. The molecule has 0 bridgehead atoms. The minimum absolute atomic E-state index is 0.454. The molecule has 0 saturated heterocycles. The number of aldehydes is 1. The average Bonchev–Trinajstić information content (AvgIpc) is 2.89.